The average Bonchev–Trinajstić information content (AvgIpc) is 3.15. The lowest BCUT2D eigenvalue weighted by atomic mass is 9.97. The molecule has 2 N–H and O–H groups in total. The van der Waals surface area contributed by atoms with E-state index in [1.54, 1.807) is 0 Å². The van der Waals surface area contributed by atoms with Crippen molar-refractivity contribution in [1.29, 1.82) is 0 Å². The third-order valence-electron chi connectivity index (χ3n) is 5.97. The van der Waals surface area contributed by atoms with Gasteiger partial charge in [0.15, 0.2) is 0 Å². The molecule has 1 heterocycles. The van der Waals surface area contributed by atoms with Crippen LogP contribution in [-0.4, -0.2) is 17.0 Å². The van der Waals surface area contributed by atoms with Crippen LogP contribution in [0.5, 0.6) is 0 Å². The van der Waals surface area contributed by atoms with Crippen molar-refractivity contribution in [1.82, 2.24) is 0 Å². The predicted molar refractivity (Wildman–Crippen MR) is 123 cm³/mol. The van der Waals surface area contributed by atoms with Crippen LogP contribution in [0.4, 0.5) is 50.9 Å². The molecule has 5 nitrogen and oxygen atoms in total. The number of carbonyl (C=O) groups excluding carboxylic acids is 1. The first-order valence-corrected chi connectivity index (χ1v) is 11.1. The standard InChI is InChI=1S/C26H15F9N2O3/c27-24(28,29)14-3-1-13(2-4-14)21-19(23(39)40)20(36-17-9-5-15(6-10-17)25(30,31)32)22(38)37(21)18-11-7-16(8-12-18)26(33,34)35/h1-12,21,36H,(H,39,40). The van der Waals surface area contributed by atoms with Crippen molar-refractivity contribution in [3.63, 3.8) is 0 Å². The first-order chi connectivity index (χ1) is 18.5. The molecule has 3 aromatic carbocycles. The summed E-state index contributed by atoms with van der Waals surface area (Å²) in [6.45, 7) is 0. The van der Waals surface area contributed by atoms with E-state index < -0.39 is 64.4 Å². The van der Waals surface area contributed by atoms with Crippen LogP contribution < -0.4 is 10.2 Å². The van der Waals surface area contributed by atoms with E-state index in [1.165, 1.54) is 0 Å². The van der Waals surface area contributed by atoms with Crippen molar-refractivity contribution in [2.75, 3.05) is 10.2 Å². The topological polar surface area (TPSA) is 69.6 Å². The van der Waals surface area contributed by atoms with Crippen molar-refractivity contribution in [2.24, 2.45) is 0 Å². The maximum atomic E-state index is 13.5. The van der Waals surface area contributed by atoms with Gasteiger partial charge in [-0.2, -0.15) is 39.5 Å². The second kappa shape index (κ2) is 9.92. The van der Waals surface area contributed by atoms with Crippen molar-refractivity contribution in [3.05, 3.63) is 106 Å². The zero-order valence-electron chi connectivity index (χ0n) is 19.6. The molecule has 0 saturated carbocycles. The number of carbonyl (C=O) groups is 2. The second-order valence-electron chi connectivity index (χ2n) is 8.54. The number of rotatable bonds is 5. The van der Waals surface area contributed by atoms with Crippen molar-refractivity contribution < 1.29 is 54.2 Å². The number of benzene rings is 3. The van der Waals surface area contributed by atoms with Crippen LogP contribution in [0, 0.1) is 0 Å². The Morgan fingerprint density at radius 1 is 0.675 bits per heavy atom. The minimum atomic E-state index is -4.74. The number of nitrogens with one attached hydrogen (secondary N) is 1. The molecular formula is C26H15F9N2O3. The number of amides is 1. The molecule has 0 fully saturated rings. The van der Waals surface area contributed by atoms with Gasteiger partial charge in [-0.1, -0.05) is 12.1 Å². The number of anilines is 2. The highest BCUT2D eigenvalue weighted by Crippen LogP contribution is 2.43. The first kappa shape index (κ1) is 28.5. The third-order valence-corrected chi connectivity index (χ3v) is 5.97. The Morgan fingerprint density at radius 3 is 1.48 bits per heavy atom. The van der Waals surface area contributed by atoms with Crippen LogP contribution >= 0.6 is 0 Å². The Balaban J connectivity index is 1.84. The van der Waals surface area contributed by atoms with E-state index in [1.807, 2.05) is 0 Å². The monoisotopic (exact) mass is 574 g/mol. The summed E-state index contributed by atoms with van der Waals surface area (Å²) in [6, 6.07) is 7.75. The Bertz CT molecular complexity index is 1460. The molecule has 1 aliphatic rings. The van der Waals surface area contributed by atoms with E-state index in [0.29, 0.717) is 36.4 Å². The average molecular weight is 574 g/mol. The maximum absolute atomic E-state index is 13.5. The van der Waals surface area contributed by atoms with E-state index in [4.69, 9.17) is 0 Å². The summed E-state index contributed by atoms with van der Waals surface area (Å²) < 4.78 is 117. The van der Waals surface area contributed by atoms with E-state index in [0.717, 1.165) is 41.3 Å². The first-order valence-electron chi connectivity index (χ1n) is 11.1. The minimum absolute atomic E-state index is 0.122. The Kier molecular flexibility index (Phi) is 7.07. The number of alkyl halides is 9. The van der Waals surface area contributed by atoms with Gasteiger partial charge in [0.05, 0.1) is 28.3 Å². The summed E-state index contributed by atoms with van der Waals surface area (Å²) in [6.07, 6.45) is -14.2. The quantitative estimate of drug-likeness (QED) is 0.315. The molecule has 0 aliphatic carbocycles. The maximum Gasteiger partial charge on any atom is 0.416 e. The van der Waals surface area contributed by atoms with Crippen LogP contribution in [0.15, 0.2) is 84.1 Å². The van der Waals surface area contributed by atoms with Crippen LogP contribution in [-0.2, 0) is 28.1 Å². The van der Waals surface area contributed by atoms with Gasteiger partial charge < -0.3 is 10.4 Å². The highest BCUT2D eigenvalue weighted by Gasteiger charge is 2.45. The highest BCUT2D eigenvalue weighted by atomic mass is 19.4. The SMILES string of the molecule is O=C(O)C1=C(Nc2ccc(C(F)(F)F)cc2)C(=O)N(c2ccc(C(F)(F)F)cc2)C1c1ccc(C(F)(F)F)cc1. The van der Waals surface area contributed by atoms with Gasteiger partial charge in [-0.25, -0.2) is 4.79 Å². The van der Waals surface area contributed by atoms with Crippen LogP contribution in [0.1, 0.15) is 28.3 Å². The molecule has 40 heavy (non-hydrogen) atoms. The molecule has 1 aliphatic heterocycles. The minimum Gasteiger partial charge on any atom is -0.478 e. The van der Waals surface area contributed by atoms with E-state index in [-0.39, 0.29) is 16.9 Å². The summed E-state index contributed by atoms with van der Waals surface area (Å²) in [5, 5.41) is 12.5. The number of aliphatic carboxylic acids is 1. The lowest BCUT2D eigenvalue weighted by Gasteiger charge is -2.27. The Morgan fingerprint density at radius 2 is 1.07 bits per heavy atom. The molecule has 14 heteroatoms. The summed E-state index contributed by atoms with van der Waals surface area (Å²) in [5.74, 6) is -2.80. The van der Waals surface area contributed by atoms with Crippen molar-refractivity contribution >= 4 is 23.3 Å². The summed E-state index contributed by atoms with van der Waals surface area (Å²) in [4.78, 5) is 26.6. The Labute approximate surface area is 219 Å². The van der Waals surface area contributed by atoms with Gasteiger partial charge in [0, 0.05) is 11.4 Å². The number of hydrogen-bond donors (Lipinski definition) is 2. The molecule has 1 unspecified atom stereocenters. The fourth-order valence-electron chi connectivity index (χ4n) is 4.10. The van der Waals surface area contributed by atoms with Crippen molar-refractivity contribution in [2.45, 2.75) is 24.6 Å². The summed E-state index contributed by atoms with van der Waals surface area (Å²) in [7, 11) is 0. The second-order valence-corrected chi connectivity index (χ2v) is 8.54. The number of halogens is 9. The van der Waals surface area contributed by atoms with Crippen LogP contribution in [0.25, 0.3) is 0 Å². The third kappa shape index (κ3) is 5.60. The van der Waals surface area contributed by atoms with Gasteiger partial charge in [0.2, 0.25) is 0 Å². The Hall–Kier alpha value is -4.49. The largest absolute Gasteiger partial charge is 0.478 e. The fourth-order valence-corrected chi connectivity index (χ4v) is 4.10. The normalized spacial score (nSPS) is 16.5. The molecule has 210 valence electrons. The van der Waals surface area contributed by atoms with E-state index in [2.05, 4.69) is 5.32 Å². The number of carboxylic acids is 1. The number of hydrogen-bond acceptors (Lipinski definition) is 3. The van der Waals surface area contributed by atoms with E-state index in [9.17, 15) is 54.2 Å². The van der Waals surface area contributed by atoms with Crippen molar-refractivity contribution in [3.8, 4) is 0 Å². The molecule has 0 spiro atoms. The molecule has 0 radical (unpaired) electrons. The van der Waals surface area contributed by atoms with Gasteiger partial charge in [-0.3, -0.25) is 9.69 Å². The lowest BCUT2D eigenvalue weighted by molar-refractivity contribution is -0.138. The molecule has 0 bridgehead atoms. The number of carboxylic acid groups (broad SMARTS) is 1. The molecule has 1 atom stereocenters. The van der Waals surface area contributed by atoms with Gasteiger partial charge in [-0.05, 0) is 66.2 Å². The molecule has 0 aromatic heterocycles. The highest BCUT2D eigenvalue weighted by molar-refractivity contribution is 6.17. The van der Waals surface area contributed by atoms with Gasteiger partial charge in [0.25, 0.3) is 5.91 Å². The predicted octanol–water partition coefficient (Wildman–Crippen LogP) is 7.28. The van der Waals surface area contributed by atoms with Gasteiger partial charge in [-0.15, -0.1) is 0 Å². The molecular weight excluding hydrogens is 559 g/mol. The fraction of sp³-hybridized carbons (Fsp3) is 0.154. The van der Waals surface area contributed by atoms with Crippen LogP contribution in [0.3, 0.4) is 0 Å². The smallest absolute Gasteiger partial charge is 0.416 e. The molecule has 1 amide bonds. The zero-order valence-corrected chi connectivity index (χ0v) is 19.6. The van der Waals surface area contributed by atoms with Crippen LogP contribution in [0.2, 0.25) is 0 Å². The summed E-state index contributed by atoms with van der Waals surface area (Å²) in [5.41, 5.74) is -4.99. The van der Waals surface area contributed by atoms with E-state index >= 15 is 0 Å². The van der Waals surface area contributed by atoms with Gasteiger partial charge >= 0.3 is 24.5 Å². The molecule has 3 aromatic rings. The summed E-state index contributed by atoms with van der Waals surface area (Å²) >= 11 is 0. The lowest BCUT2D eigenvalue weighted by Crippen LogP contribution is -2.31. The van der Waals surface area contributed by atoms with Gasteiger partial charge in [0.1, 0.15) is 5.70 Å². The zero-order chi connectivity index (χ0) is 29.6. The molecule has 0 saturated heterocycles. The molecule has 4 rings (SSSR count). The number of nitrogens with zero attached hydrogens (tertiary/aromatic N) is 1.